The summed E-state index contributed by atoms with van der Waals surface area (Å²) in [4.78, 5) is 4.06. The average Bonchev–Trinajstić information content (AvgIpc) is 2.63. The van der Waals surface area contributed by atoms with Crippen molar-refractivity contribution in [1.29, 1.82) is 0 Å². The quantitative estimate of drug-likeness (QED) is 0.286. The van der Waals surface area contributed by atoms with Crippen LogP contribution < -0.4 is 5.73 Å². The average molecular weight is 176 g/mol. The molecule has 3 N–H and O–H groups in total. The van der Waals surface area contributed by atoms with Gasteiger partial charge < -0.3 is 15.3 Å². The number of pyridine rings is 1. The molecule has 0 radical (unpaired) electrons. The third-order valence-electron chi connectivity index (χ3n) is 1.79. The normalized spacial score (nSPS) is 12.2. The zero-order chi connectivity index (χ0) is 9.26. The molecule has 0 aliphatic heterocycles. The van der Waals surface area contributed by atoms with Gasteiger partial charge in [0.1, 0.15) is 5.65 Å². The first-order valence-electron chi connectivity index (χ1n) is 3.72. The Morgan fingerprint density at radius 2 is 2.38 bits per heavy atom. The molecule has 0 fully saturated rings. The number of oxime groups is 1. The largest absolute Gasteiger partial charge is 0.409 e. The first-order valence-corrected chi connectivity index (χ1v) is 3.72. The summed E-state index contributed by atoms with van der Waals surface area (Å²) in [5.74, 6) is 0.0931. The molecule has 2 heterocycles. The van der Waals surface area contributed by atoms with Gasteiger partial charge in [-0.15, -0.1) is 0 Å². The van der Waals surface area contributed by atoms with E-state index in [0.717, 1.165) is 5.65 Å². The lowest BCUT2D eigenvalue weighted by Gasteiger charge is -1.98. The molecule has 0 aromatic carbocycles. The van der Waals surface area contributed by atoms with Crippen LogP contribution in [0.3, 0.4) is 0 Å². The lowest BCUT2D eigenvalue weighted by Crippen LogP contribution is -2.13. The molecular weight excluding hydrogens is 168 g/mol. The van der Waals surface area contributed by atoms with Crippen LogP contribution in [-0.2, 0) is 0 Å². The van der Waals surface area contributed by atoms with Crippen LogP contribution >= 0.6 is 0 Å². The van der Waals surface area contributed by atoms with E-state index in [0.29, 0.717) is 5.56 Å². The Kier molecular flexibility index (Phi) is 1.63. The fraction of sp³-hybridized carbons (Fsp3) is 0. The molecule has 0 aliphatic carbocycles. The second-order valence-electron chi connectivity index (χ2n) is 2.60. The van der Waals surface area contributed by atoms with E-state index in [-0.39, 0.29) is 5.84 Å². The molecule has 5 heteroatoms. The standard InChI is InChI=1S/C8H8N4O/c9-8(11-13)6-1-2-7-10-3-4-12(7)5-6/h1-5,13H,(H2,9,11). The first-order chi connectivity index (χ1) is 6.31. The van der Waals surface area contributed by atoms with Gasteiger partial charge in [-0.25, -0.2) is 4.98 Å². The van der Waals surface area contributed by atoms with E-state index in [9.17, 15) is 0 Å². The Bertz CT molecular complexity index is 460. The van der Waals surface area contributed by atoms with Gasteiger partial charge in [-0.3, -0.25) is 0 Å². The summed E-state index contributed by atoms with van der Waals surface area (Å²) in [6.07, 6.45) is 5.23. The Morgan fingerprint density at radius 1 is 1.54 bits per heavy atom. The summed E-state index contributed by atoms with van der Waals surface area (Å²) < 4.78 is 1.80. The molecule has 2 aromatic rings. The summed E-state index contributed by atoms with van der Waals surface area (Å²) in [6.45, 7) is 0. The molecule has 0 bridgehead atoms. The number of imidazole rings is 1. The van der Waals surface area contributed by atoms with E-state index in [4.69, 9.17) is 10.9 Å². The number of hydrogen-bond donors (Lipinski definition) is 2. The maximum absolute atomic E-state index is 8.45. The van der Waals surface area contributed by atoms with Crippen LogP contribution in [0.2, 0.25) is 0 Å². The van der Waals surface area contributed by atoms with Crippen LogP contribution in [0.4, 0.5) is 0 Å². The fourth-order valence-electron chi connectivity index (χ4n) is 1.13. The van der Waals surface area contributed by atoms with Gasteiger partial charge in [0, 0.05) is 24.2 Å². The summed E-state index contributed by atoms with van der Waals surface area (Å²) in [5.41, 5.74) is 6.91. The number of nitrogens with two attached hydrogens (primary N) is 1. The van der Waals surface area contributed by atoms with Crippen molar-refractivity contribution in [3.63, 3.8) is 0 Å². The van der Waals surface area contributed by atoms with E-state index < -0.39 is 0 Å². The molecule has 0 amide bonds. The first kappa shape index (κ1) is 7.60. The fourth-order valence-corrected chi connectivity index (χ4v) is 1.13. The van der Waals surface area contributed by atoms with Crippen LogP contribution in [0.15, 0.2) is 35.9 Å². The van der Waals surface area contributed by atoms with Crippen LogP contribution in [0.5, 0.6) is 0 Å². The van der Waals surface area contributed by atoms with Gasteiger partial charge in [-0.05, 0) is 12.1 Å². The number of nitrogens with zero attached hydrogens (tertiary/aromatic N) is 3. The third kappa shape index (κ3) is 1.20. The molecular formula is C8H8N4O. The maximum Gasteiger partial charge on any atom is 0.171 e. The molecule has 2 rings (SSSR count). The molecule has 13 heavy (non-hydrogen) atoms. The van der Waals surface area contributed by atoms with Crippen LogP contribution in [0.1, 0.15) is 5.56 Å². The van der Waals surface area contributed by atoms with Gasteiger partial charge in [-0.1, -0.05) is 5.16 Å². The van der Waals surface area contributed by atoms with Crippen LogP contribution in [0, 0.1) is 0 Å². The number of amidine groups is 1. The minimum absolute atomic E-state index is 0.0931. The highest BCUT2D eigenvalue weighted by Gasteiger charge is 2.00. The smallest absolute Gasteiger partial charge is 0.171 e. The number of hydrogen-bond acceptors (Lipinski definition) is 3. The Labute approximate surface area is 74.1 Å². The second-order valence-corrected chi connectivity index (χ2v) is 2.60. The molecule has 0 unspecified atom stereocenters. The Hall–Kier alpha value is -2.04. The van der Waals surface area contributed by atoms with Crippen molar-refractivity contribution in [2.24, 2.45) is 10.9 Å². The highest BCUT2D eigenvalue weighted by molar-refractivity contribution is 5.96. The van der Waals surface area contributed by atoms with Crippen molar-refractivity contribution in [1.82, 2.24) is 9.38 Å². The van der Waals surface area contributed by atoms with E-state index in [2.05, 4.69) is 10.1 Å². The lowest BCUT2D eigenvalue weighted by molar-refractivity contribution is 0.318. The highest BCUT2D eigenvalue weighted by atomic mass is 16.4. The zero-order valence-electron chi connectivity index (χ0n) is 6.75. The number of fused-ring (bicyclic) bond motifs is 1. The molecule has 5 nitrogen and oxygen atoms in total. The minimum Gasteiger partial charge on any atom is -0.409 e. The van der Waals surface area contributed by atoms with E-state index in [1.54, 1.807) is 35.1 Å². The molecule has 0 saturated heterocycles. The van der Waals surface area contributed by atoms with Crippen molar-refractivity contribution >= 4 is 11.5 Å². The van der Waals surface area contributed by atoms with Crippen molar-refractivity contribution < 1.29 is 5.21 Å². The van der Waals surface area contributed by atoms with E-state index in [1.165, 1.54) is 0 Å². The molecule has 2 aromatic heterocycles. The van der Waals surface area contributed by atoms with Gasteiger partial charge in [0.25, 0.3) is 0 Å². The lowest BCUT2D eigenvalue weighted by atomic mass is 10.2. The number of rotatable bonds is 1. The van der Waals surface area contributed by atoms with Gasteiger partial charge >= 0.3 is 0 Å². The van der Waals surface area contributed by atoms with Crippen molar-refractivity contribution in [2.75, 3.05) is 0 Å². The van der Waals surface area contributed by atoms with Crippen molar-refractivity contribution in [3.8, 4) is 0 Å². The predicted molar refractivity (Wildman–Crippen MR) is 47.7 cm³/mol. The molecule has 0 spiro atoms. The second kappa shape index (κ2) is 2.78. The van der Waals surface area contributed by atoms with Crippen molar-refractivity contribution in [2.45, 2.75) is 0 Å². The topological polar surface area (TPSA) is 75.9 Å². The predicted octanol–water partition coefficient (Wildman–Crippen LogP) is 0.429. The Balaban J connectivity index is 2.60. The number of aromatic nitrogens is 2. The SMILES string of the molecule is N/C(=N\O)c1ccc2nccn2c1. The molecule has 0 atom stereocenters. The summed E-state index contributed by atoms with van der Waals surface area (Å²) in [6, 6.07) is 3.55. The molecule has 0 aliphatic rings. The van der Waals surface area contributed by atoms with E-state index >= 15 is 0 Å². The zero-order valence-corrected chi connectivity index (χ0v) is 6.75. The summed E-state index contributed by atoms with van der Waals surface area (Å²) in [7, 11) is 0. The summed E-state index contributed by atoms with van der Waals surface area (Å²) >= 11 is 0. The molecule has 66 valence electrons. The van der Waals surface area contributed by atoms with Crippen LogP contribution in [-0.4, -0.2) is 20.4 Å². The van der Waals surface area contributed by atoms with Gasteiger partial charge in [-0.2, -0.15) is 0 Å². The highest BCUT2D eigenvalue weighted by Crippen LogP contribution is 2.03. The van der Waals surface area contributed by atoms with Crippen molar-refractivity contribution in [3.05, 3.63) is 36.3 Å². The third-order valence-corrected chi connectivity index (χ3v) is 1.79. The van der Waals surface area contributed by atoms with Gasteiger partial charge in [0.2, 0.25) is 0 Å². The van der Waals surface area contributed by atoms with E-state index in [1.807, 2.05) is 0 Å². The monoisotopic (exact) mass is 176 g/mol. The molecule has 0 saturated carbocycles. The van der Waals surface area contributed by atoms with Crippen LogP contribution in [0.25, 0.3) is 5.65 Å². The summed E-state index contributed by atoms with van der Waals surface area (Å²) in [5, 5.41) is 11.4. The minimum atomic E-state index is 0.0931. The van der Waals surface area contributed by atoms with Gasteiger partial charge in [0.15, 0.2) is 5.84 Å². The maximum atomic E-state index is 8.45. The van der Waals surface area contributed by atoms with Gasteiger partial charge in [0.05, 0.1) is 0 Å². The Morgan fingerprint density at radius 3 is 3.15 bits per heavy atom.